The standard InChI is InChI=1S/C13H15BFNO4/c1-13(2,3)20-12(17)9-7-5-4-6-8(15)10(7)16-11(9)14(18)19/h4-6,16,18-19H,1-3H3. The highest BCUT2D eigenvalue weighted by Gasteiger charge is 2.30. The van der Waals surface area contributed by atoms with Crippen molar-refractivity contribution in [1.29, 1.82) is 0 Å². The van der Waals surface area contributed by atoms with Crippen LogP contribution in [0.2, 0.25) is 0 Å². The van der Waals surface area contributed by atoms with Crippen LogP contribution in [0.5, 0.6) is 0 Å². The van der Waals surface area contributed by atoms with Crippen LogP contribution in [0.25, 0.3) is 10.9 Å². The van der Waals surface area contributed by atoms with E-state index in [1.54, 1.807) is 20.8 Å². The van der Waals surface area contributed by atoms with Gasteiger partial charge in [0, 0.05) is 5.39 Å². The second-order valence-electron chi connectivity index (χ2n) is 5.45. The summed E-state index contributed by atoms with van der Waals surface area (Å²) < 4.78 is 18.9. The van der Waals surface area contributed by atoms with Crippen molar-refractivity contribution < 1.29 is 24.0 Å². The number of carbonyl (C=O) groups is 1. The van der Waals surface area contributed by atoms with Gasteiger partial charge in [0.2, 0.25) is 0 Å². The summed E-state index contributed by atoms with van der Waals surface area (Å²) in [5, 5.41) is 18.9. The minimum Gasteiger partial charge on any atom is -0.456 e. The van der Waals surface area contributed by atoms with Gasteiger partial charge in [-0.2, -0.15) is 0 Å². The number of carbonyl (C=O) groups excluding carboxylic acids is 1. The monoisotopic (exact) mass is 279 g/mol. The summed E-state index contributed by atoms with van der Waals surface area (Å²) in [7, 11) is -1.93. The molecule has 0 radical (unpaired) electrons. The molecule has 106 valence electrons. The van der Waals surface area contributed by atoms with Gasteiger partial charge in [0.25, 0.3) is 0 Å². The molecule has 0 saturated carbocycles. The summed E-state index contributed by atoms with van der Waals surface area (Å²) in [6.45, 7) is 5.07. The molecule has 1 aromatic heterocycles. The van der Waals surface area contributed by atoms with Crippen molar-refractivity contribution in [2.45, 2.75) is 26.4 Å². The fourth-order valence-electron chi connectivity index (χ4n) is 1.94. The van der Waals surface area contributed by atoms with Gasteiger partial charge in [-0.15, -0.1) is 0 Å². The maximum Gasteiger partial charge on any atom is 0.506 e. The van der Waals surface area contributed by atoms with Gasteiger partial charge >= 0.3 is 13.1 Å². The number of halogens is 1. The van der Waals surface area contributed by atoms with Crippen LogP contribution in [0.3, 0.4) is 0 Å². The van der Waals surface area contributed by atoms with Gasteiger partial charge in [0.15, 0.2) is 0 Å². The van der Waals surface area contributed by atoms with Crippen molar-refractivity contribution in [1.82, 2.24) is 4.98 Å². The predicted octanol–water partition coefficient (Wildman–Crippen LogP) is 0.942. The summed E-state index contributed by atoms with van der Waals surface area (Å²) in [4.78, 5) is 14.7. The summed E-state index contributed by atoms with van der Waals surface area (Å²) in [6, 6.07) is 4.16. The van der Waals surface area contributed by atoms with Crippen LogP contribution in [-0.2, 0) is 4.74 Å². The number of hydrogen-bond acceptors (Lipinski definition) is 4. The molecule has 2 aromatic rings. The van der Waals surface area contributed by atoms with Crippen molar-refractivity contribution >= 4 is 29.6 Å². The number of esters is 1. The average molecular weight is 279 g/mol. The van der Waals surface area contributed by atoms with Crippen molar-refractivity contribution in [3.8, 4) is 0 Å². The number of fused-ring (bicyclic) bond motifs is 1. The summed E-state index contributed by atoms with van der Waals surface area (Å²) in [5.41, 5.74) is -0.952. The van der Waals surface area contributed by atoms with Crippen LogP contribution in [-0.4, -0.2) is 33.7 Å². The summed E-state index contributed by atoms with van der Waals surface area (Å²) in [5.74, 6) is -1.32. The van der Waals surface area contributed by atoms with Gasteiger partial charge in [0.05, 0.1) is 16.7 Å². The van der Waals surface area contributed by atoms with Crippen LogP contribution in [0.15, 0.2) is 18.2 Å². The van der Waals surface area contributed by atoms with Gasteiger partial charge in [-0.3, -0.25) is 0 Å². The number of hydrogen-bond donors (Lipinski definition) is 3. The number of aromatic nitrogens is 1. The molecule has 0 amide bonds. The Balaban J connectivity index is 2.63. The van der Waals surface area contributed by atoms with E-state index in [0.717, 1.165) is 0 Å². The van der Waals surface area contributed by atoms with Crippen molar-refractivity contribution in [3.05, 3.63) is 29.6 Å². The molecule has 0 spiro atoms. The smallest absolute Gasteiger partial charge is 0.456 e. The number of H-pyrrole nitrogens is 1. The zero-order valence-electron chi connectivity index (χ0n) is 11.4. The highest BCUT2D eigenvalue weighted by molar-refractivity contribution is 6.60. The predicted molar refractivity (Wildman–Crippen MR) is 73.3 cm³/mol. The zero-order chi connectivity index (χ0) is 15.1. The first-order valence-corrected chi connectivity index (χ1v) is 6.10. The largest absolute Gasteiger partial charge is 0.506 e. The molecule has 1 heterocycles. The zero-order valence-corrected chi connectivity index (χ0v) is 11.4. The lowest BCUT2D eigenvalue weighted by molar-refractivity contribution is 0.00729. The Morgan fingerprint density at radius 2 is 2.00 bits per heavy atom. The molecule has 1 aromatic carbocycles. The number of benzene rings is 1. The second-order valence-corrected chi connectivity index (χ2v) is 5.45. The van der Waals surface area contributed by atoms with E-state index in [-0.39, 0.29) is 22.1 Å². The number of rotatable bonds is 2. The Kier molecular flexibility index (Phi) is 3.58. The number of ether oxygens (including phenoxy) is 1. The molecule has 0 atom stereocenters. The number of aromatic amines is 1. The number of nitrogens with one attached hydrogen (secondary N) is 1. The van der Waals surface area contributed by atoms with Gasteiger partial charge in [0.1, 0.15) is 11.4 Å². The van der Waals surface area contributed by atoms with E-state index >= 15 is 0 Å². The van der Waals surface area contributed by atoms with E-state index in [0.29, 0.717) is 0 Å². The molecule has 0 bridgehead atoms. The van der Waals surface area contributed by atoms with E-state index in [4.69, 9.17) is 4.74 Å². The third kappa shape index (κ3) is 2.68. The van der Waals surface area contributed by atoms with Gasteiger partial charge in [-0.05, 0) is 26.8 Å². The minimum absolute atomic E-state index is 0.0384. The Labute approximate surface area is 115 Å². The molecule has 3 N–H and O–H groups in total. The molecule has 0 aliphatic heterocycles. The molecule has 5 nitrogen and oxygen atoms in total. The molecular weight excluding hydrogens is 264 g/mol. The third-order valence-electron chi connectivity index (χ3n) is 2.67. The van der Waals surface area contributed by atoms with Crippen LogP contribution in [0, 0.1) is 5.82 Å². The van der Waals surface area contributed by atoms with Crippen molar-refractivity contribution in [2.75, 3.05) is 0 Å². The Morgan fingerprint density at radius 1 is 1.35 bits per heavy atom. The number of para-hydroxylation sites is 1. The van der Waals surface area contributed by atoms with Crippen molar-refractivity contribution in [3.63, 3.8) is 0 Å². The second kappa shape index (κ2) is 4.92. The van der Waals surface area contributed by atoms with Gasteiger partial charge in [-0.1, -0.05) is 12.1 Å². The fourth-order valence-corrected chi connectivity index (χ4v) is 1.94. The highest BCUT2D eigenvalue weighted by atomic mass is 19.1. The Morgan fingerprint density at radius 3 is 2.55 bits per heavy atom. The molecule has 0 aliphatic rings. The molecule has 0 saturated heterocycles. The topological polar surface area (TPSA) is 82.6 Å². The first-order valence-electron chi connectivity index (χ1n) is 6.10. The first kappa shape index (κ1) is 14.6. The lowest BCUT2D eigenvalue weighted by Gasteiger charge is -2.19. The lowest BCUT2D eigenvalue weighted by atomic mass is 9.83. The summed E-state index contributed by atoms with van der Waals surface area (Å²) in [6.07, 6.45) is 0. The van der Waals surface area contributed by atoms with Crippen LogP contribution >= 0.6 is 0 Å². The highest BCUT2D eigenvalue weighted by Crippen LogP contribution is 2.22. The molecule has 20 heavy (non-hydrogen) atoms. The molecular formula is C13H15BFNO4. The molecule has 2 rings (SSSR count). The Hall–Kier alpha value is -1.86. The normalized spacial score (nSPS) is 11.7. The fraction of sp³-hybridized carbons (Fsp3) is 0.308. The van der Waals surface area contributed by atoms with Crippen LogP contribution < -0.4 is 5.59 Å². The third-order valence-corrected chi connectivity index (χ3v) is 2.67. The maximum absolute atomic E-state index is 13.7. The quantitative estimate of drug-likeness (QED) is 0.564. The average Bonchev–Trinajstić information content (AvgIpc) is 2.67. The SMILES string of the molecule is CC(C)(C)OC(=O)c1c(B(O)O)[nH]c2c(F)cccc12. The molecule has 0 fully saturated rings. The van der Waals surface area contributed by atoms with Gasteiger partial charge in [-0.25, -0.2) is 9.18 Å². The lowest BCUT2D eigenvalue weighted by Crippen LogP contribution is -2.37. The van der Waals surface area contributed by atoms with Crippen molar-refractivity contribution in [2.24, 2.45) is 0 Å². The van der Waals surface area contributed by atoms with E-state index in [1.807, 2.05) is 0 Å². The van der Waals surface area contributed by atoms with Crippen LogP contribution in [0.4, 0.5) is 4.39 Å². The van der Waals surface area contributed by atoms with Crippen LogP contribution in [0.1, 0.15) is 31.1 Å². The molecule has 7 heteroatoms. The summed E-state index contributed by atoms with van der Waals surface area (Å²) >= 11 is 0. The first-order chi connectivity index (χ1) is 9.20. The molecule has 0 aliphatic carbocycles. The molecule has 0 unspecified atom stereocenters. The van der Waals surface area contributed by atoms with Gasteiger partial charge < -0.3 is 19.8 Å². The van der Waals surface area contributed by atoms with E-state index in [1.165, 1.54) is 18.2 Å². The Bertz CT molecular complexity index is 660. The van der Waals surface area contributed by atoms with E-state index < -0.39 is 24.5 Å². The minimum atomic E-state index is -1.93. The maximum atomic E-state index is 13.7. The van der Waals surface area contributed by atoms with E-state index in [9.17, 15) is 19.2 Å². The van der Waals surface area contributed by atoms with E-state index in [2.05, 4.69) is 4.98 Å².